The molecule has 0 aliphatic carbocycles. The molecule has 2 aromatic carbocycles. The Labute approximate surface area is 145 Å². The number of ether oxygens (including phenoxy) is 1. The minimum Gasteiger partial charge on any atom is -0.497 e. The predicted molar refractivity (Wildman–Crippen MR) is 106 cm³/mol. The van der Waals surface area contributed by atoms with Crippen LogP contribution in [0.25, 0.3) is 22.2 Å². The highest BCUT2D eigenvalue weighted by molar-refractivity contribution is 6.06. The fourth-order valence-corrected chi connectivity index (χ4v) is 2.79. The summed E-state index contributed by atoms with van der Waals surface area (Å²) in [6, 6.07) is 14.4. The third-order valence-corrected chi connectivity index (χ3v) is 3.92. The number of hydrogen-bond donors (Lipinski definition) is 1. The summed E-state index contributed by atoms with van der Waals surface area (Å²) in [7, 11) is 3.70. The van der Waals surface area contributed by atoms with Gasteiger partial charge in [-0.05, 0) is 30.7 Å². The second-order valence-electron chi connectivity index (χ2n) is 5.92. The van der Waals surface area contributed by atoms with E-state index in [1.54, 1.807) is 7.11 Å². The molecule has 0 fully saturated rings. The topological polar surface area (TPSA) is 38.0 Å². The van der Waals surface area contributed by atoms with Gasteiger partial charge in [-0.1, -0.05) is 50.1 Å². The summed E-state index contributed by atoms with van der Waals surface area (Å²) in [4.78, 5) is 0. The molecule has 3 nitrogen and oxygen atoms in total. The van der Waals surface area contributed by atoms with Crippen LogP contribution in [0.3, 0.4) is 0 Å². The largest absolute Gasteiger partial charge is 0.497 e. The molecule has 128 valence electrons. The Bertz CT molecular complexity index is 835. The Hall–Kier alpha value is -2.55. The first kappa shape index (κ1) is 17.8. The van der Waals surface area contributed by atoms with E-state index in [1.165, 1.54) is 18.2 Å². The van der Waals surface area contributed by atoms with Gasteiger partial charge in [0, 0.05) is 31.2 Å². The summed E-state index contributed by atoms with van der Waals surface area (Å²) >= 11 is 0. The number of rotatable bonds is 3. The van der Waals surface area contributed by atoms with Crippen LogP contribution in [0.4, 0.5) is 0 Å². The monoisotopic (exact) mass is 324 g/mol. The number of fused-ring (bicyclic) bond motifs is 1. The standard InChI is InChI=1S/C18H18N2O.C3H8.H2/c1-12-4-6-13(7-5-12)18-16(11-19)15-10-14(21-3)8-9-17(15)20(18)2;1-3-2;/h4-11,19H,1-3H3;3H2,1-2H3;1H. The molecule has 0 atom stereocenters. The molecule has 1 aromatic heterocycles. The van der Waals surface area contributed by atoms with Crippen molar-refractivity contribution in [1.82, 2.24) is 4.57 Å². The van der Waals surface area contributed by atoms with E-state index in [1.807, 2.05) is 25.2 Å². The SMILES string of the molecule is CCC.COc1ccc2c(c1)c(C=N)c(-c1ccc(C)cc1)n2C.[HH]. The highest BCUT2D eigenvalue weighted by Crippen LogP contribution is 2.33. The highest BCUT2D eigenvalue weighted by atomic mass is 16.5. The van der Waals surface area contributed by atoms with Gasteiger partial charge in [-0.3, -0.25) is 0 Å². The zero-order valence-corrected chi connectivity index (χ0v) is 15.2. The Balaban J connectivity index is 0.000000730. The van der Waals surface area contributed by atoms with Gasteiger partial charge in [0.15, 0.2) is 0 Å². The maximum absolute atomic E-state index is 7.82. The van der Waals surface area contributed by atoms with E-state index in [2.05, 4.69) is 49.6 Å². The fourth-order valence-electron chi connectivity index (χ4n) is 2.79. The van der Waals surface area contributed by atoms with Crippen LogP contribution in [-0.2, 0) is 7.05 Å². The maximum Gasteiger partial charge on any atom is 0.119 e. The summed E-state index contributed by atoms with van der Waals surface area (Å²) < 4.78 is 7.45. The Morgan fingerprint density at radius 2 is 1.75 bits per heavy atom. The van der Waals surface area contributed by atoms with E-state index in [4.69, 9.17) is 10.1 Å². The number of benzene rings is 2. The minimum absolute atomic E-state index is 0. The second kappa shape index (κ2) is 7.82. The first-order valence-electron chi connectivity index (χ1n) is 8.31. The molecular formula is C21H28N2O. The number of nitrogens with one attached hydrogen (secondary N) is 1. The van der Waals surface area contributed by atoms with Gasteiger partial charge in [0.1, 0.15) is 5.75 Å². The fraction of sp³-hybridized carbons (Fsp3) is 0.286. The van der Waals surface area contributed by atoms with Crippen molar-refractivity contribution >= 4 is 17.1 Å². The van der Waals surface area contributed by atoms with Crippen molar-refractivity contribution < 1.29 is 6.16 Å². The van der Waals surface area contributed by atoms with Crippen LogP contribution in [0.2, 0.25) is 0 Å². The lowest BCUT2D eigenvalue weighted by atomic mass is 10.0. The molecule has 0 spiro atoms. The third kappa shape index (κ3) is 3.35. The van der Waals surface area contributed by atoms with E-state index >= 15 is 0 Å². The molecule has 0 unspecified atom stereocenters. The van der Waals surface area contributed by atoms with E-state index in [0.717, 1.165) is 33.5 Å². The summed E-state index contributed by atoms with van der Waals surface area (Å²) in [6.07, 6.45) is 2.68. The first-order chi connectivity index (χ1) is 11.6. The van der Waals surface area contributed by atoms with Crippen molar-refractivity contribution in [3.8, 4) is 17.0 Å². The van der Waals surface area contributed by atoms with Crippen LogP contribution in [-0.4, -0.2) is 17.9 Å². The van der Waals surface area contributed by atoms with E-state index < -0.39 is 0 Å². The molecule has 0 bridgehead atoms. The van der Waals surface area contributed by atoms with Gasteiger partial charge in [-0.15, -0.1) is 0 Å². The Morgan fingerprint density at radius 3 is 2.29 bits per heavy atom. The molecule has 3 rings (SSSR count). The maximum atomic E-state index is 7.82. The molecule has 0 aliphatic rings. The number of nitrogens with zero attached hydrogens (tertiary/aromatic N) is 1. The molecule has 3 aromatic rings. The van der Waals surface area contributed by atoms with Gasteiger partial charge in [-0.2, -0.15) is 0 Å². The lowest BCUT2D eigenvalue weighted by molar-refractivity contribution is 0.415. The minimum atomic E-state index is 0. The summed E-state index contributed by atoms with van der Waals surface area (Å²) in [5.41, 5.74) is 5.45. The normalized spacial score (nSPS) is 10.2. The smallest absolute Gasteiger partial charge is 0.119 e. The average Bonchev–Trinajstić information content (AvgIpc) is 2.88. The quantitative estimate of drug-likeness (QED) is 0.605. The van der Waals surface area contributed by atoms with Gasteiger partial charge in [0.25, 0.3) is 0 Å². The van der Waals surface area contributed by atoms with Crippen LogP contribution in [0.5, 0.6) is 5.75 Å². The number of hydrogen-bond acceptors (Lipinski definition) is 2. The molecule has 0 saturated carbocycles. The molecular weight excluding hydrogens is 296 g/mol. The zero-order chi connectivity index (χ0) is 17.7. The molecule has 1 heterocycles. The highest BCUT2D eigenvalue weighted by Gasteiger charge is 2.15. The van der Waals surface area contributed by atoms with E-state index in [-0.39, 0.29) is 1.43 Å². The predicted octanol–water partition coefficient (Wildman–Crippen LogP) is 5.82. The molecule has 0 amide bonds. The van der Waals surface area contributed by atoms with Crippen molar-refractivity contribution in [1.29, 1.82) is 5.41 Å². The Kier molecular flexibility index (Phi) is 5.80. The van der Waals surface area contributed by atoms with Crippen molar-refractivity contribution in [2.45, 2.75) is 27.2 Å². The van der Waals surface area contributed by atoms with Gasteiger partial charge in [0.2, 0.25) is 0 Å². The zero-order valence-electron chi connectivity index (χ0n) is 15.2. The van der Waals surface area contributed by atoms with Crippen LogP contribution in [0.15, 0.2) is 42.5 Å². The molecule has 0 radical (unpaired) electrons. The van der Waals surface area contributed by atoms with Crippen molar-refractivity contribution in [2.24, 2.45) is 7.05 Å². The van der Waals surface area contributed by atoms with Crippen LogP contribution in [0.1, 0.15) is 32.8 Å². The molecule has 3 heteroatoms. The number of aromatic nitrogens is 1. The van der Waals surface area contributed by atoms with Crippen molar-refractivity contribution in [3.05, 3.63) is 53.6 Å². The summed E-state index contributed by atoms with van der Waals surface area (Å²) in [5.74, 6) is 0.812. The molecule has 0 saturated heterocycles. The molecule has 0 aliphatic heterocycles. The van der Waals surface area contributed by atoms with Gasteiger partial charge in [-0.25, -0.2) is 0 Å². The summed E-state index contributed by atoms with van der Waals surface area (Å²) in [5, 5.41) is 8.86. The van der Waals surface area contributed by atoms with Crippen LogP contribution < -0.4 is 4.74 Å². The van der Waals surface area contributed by atoms with Crippen molar-refractivity contribution in [2.75, 3.05) is 7.11 Å². The van der Waals surface area contributed by atoms with Crippen LogP contribution in [0, 0.1) is 12.3 Å². The number of methoxy groups -OCH3 is 1. The molecule has 1 N–H and O–H groups in total. The van der Waals surface area contributed by atoms with E-state index in [0.29, 0.717) is 0 Å². The second-order valence-corrected chi connectivity index (χ2v) is 5.92. The lowest BCUT2D eigenvalue weighted by Gasteiger charge is -2.06. The number of aryl methyl sites for hydroxylation is 2. The van der Waals surface area contributed by atoms with E-state index in [9.17, 15) is 0 Å². The lowest BCUT2D eigenvalue weighted by Crippen LogP contribution is -1.93. The van der Waals surface area contributed by atoms with Gasteiger partial charge >= 0.3 is 0 Å². The van der Waals surface area contributed by atoms with Gasteiger partial charge < -0.3 is 14.7 Å². The Morgan fingerprint density at radius 1 is 1.12 bits per heavy atom. The summed E-state index contributed by atoms with van der Waals surface area (Å²) in [6.45, 7) is 6.33. The average molecular weight is 324 g/mol. The van der Waals surface area contributed by atoms with Crippen LogP contribution >= 0.6 is 0 Å². The molecule has 24 heavy (non-hydrogen) atoms. The van der Waals surface area contributed by atoms with Crippen molar-refractivity contribution in [3.63, 3.8) is 0 Å². The first-order valence-corrected chi connectivity index (χ1v) is 8.31. The third-order valence-electron chi connectivity index (χ3n) is 3.92. The van der Waals surface area contributed by atoms with Gasteiger partial charge in [0.05, 0.1) is 12.8 Å².